The van der Waals surface area contributed by atoms with Crippen molar-refractivity contribution in [1.82, 2.24) is 5.32 Å². The number of nitriles is 1. The highest BCUT2D eigenvalue weighted by molar-refractivity contribution is 5.97. The lowest BCUT2D eigenvalue weighted by atomic mass is 9.95. The van der Waals surface area contributed by atoms with Gasteiger partial charge in [0.15, 0.2) is 0 Å². The molecule has 2 aliphatic rings. The second-order valence-electron chi connectivity index (χ2n) is 7.21. The Bertz CT molecular complexity index is 1030. The van der Waals surface area contributed by atoms with Gasteiger partial charge in [-0.25, -0.2) is 4.39 Å². The summed E-state index contributed by atoms with van der Waals surface area (Å²) in [5, 5.41) is 12.8. The zero-order valence-electron chi connectivity index (χ0n) is 15.7. The van der Waals surface area contributed by atoms with Crippen molar-refractivity contribution in [3.8, 4) is 17.2 Å². The number of rotatable bonds is 2. The molecule has 0 aliphatic carbocycles. The molecule has 0 bridgehead atoms. The fourth-order valence-electron chi connectivity index (χ4n) is 3.96. The van der Waals surface area contributed by atoms with E-state index >= 15 is 4.39 Å². The number of nitrogens with one attached hydrogen (secondary N) is 1. The van der Waals surface area contributed by atoms with E-state index in [4.69, 9.17) is 4.74 Å². The number of hydrogen-bond donors (Lipinski definition) is 1. The third-order valence-corrected chi connectivity index (χ3v) is 5.38. The van der Waals surface area contributed by atoms with Crippen molar-refractivity contribution in [3.63, 3.8) is 0 Å². The van der Waals surface area contributed by atoms with Crippen molar-refractivity contribution in [2.24, 2.45) is 0 Å². The fourth-order valence-corrected chi connectivity index (χ4v) is 3.96. The molecule has 2 atom stereocenters. The minimum Gasteiger partial charge on any atom is -0.365 e. The zero-order chi connectivity index (χ0) is 21.5. The van der Waals surface area contributed by atoms with Crippen molar-refractivity contribution in [2.45, 2.75) is 24.7 Å². The number of fused-ring (bicyclic) bond motifs is 1. The Morgan fingerprint density at radius 1 is 1.23 bits per heavy atom. The first-order valence-electron chi connectivity index (χ1n) is 9.35. The summed E-state index contributed by atoms with van der Waals surface area (Å²) in [6.07, 6.45) is -4.29. The van der Waals surface area contributed by atoms with Crippen LogP contribution in [0, 0.1) is 17.1 Å². The largest absolute Gasteiger partial charge is 0.416 e. The molecular weight excluding hydrogens is 402 g/mol. The van der Waals surface area contributed by atoms with Crippen molar-refractivity contribution >= 4 is 11.6 Å². The van der Waals surface area contributed by atoms with Gasteiger partial charge in [-0.3, -0.25) is 4.79 Å². The Balaban J connectivity index is 1.78. The number of nitrogens with zero attached hydrogens (tertiary/aromatic N) is 2. The van der Waals surface area contributed by atoms with Gasteiger partial charge in [-0.1, -0.05) is 12.1 Å². The highest BCUT2D eigenvalue weighted by Crippen LogP contribution is 2.36. The van der Waals surface area contributed by atoms with E-state index in [2.05, 4.69) is 5.32 Å². The van der Waals surface area contributed by atoms with Crippen LogP contribution in [0.15, 0.2) is 36.4 Å². The van der Waals surface area contributed by atoms with E-state index in [1.807, 2.05) is 6.07 Å². The van der Waals surface area contributed by atoms with Gasteiger partial charge in [-0.15, -0.1) is 0 Å². The third-order valence-electron chi connectivity index (χ3n) is 5.38. The number of morpholine rings is 1. The number of hydrogen-bond acceptors (Lipinski definition) is 4. The van der Waals surface area contributed by atoms with Crippen LogP contribution in [0.4, 0.5) is 23.2 Å². The molecule has 0 aromatic heterocycles. The molecule has 2 aliphatic heterocycles. The number of piperidine rings is 1. The molecule has 0 spiro atoms. The maximum Gasteiger partial charge on any atom is 0.416 e. The smallest absolute Gasteiger partial charge is 0.365 e. The maximum absolute atomic E-state index is 15.0. The van der Waals surface area contributed by atoms with Crippen LogP contribution >= 0.6 is 0 Å². The minimum absolute atomic E-state index is 0.00146. The van der Waals surface area contributed by atoms with Crippen LogP contribution in [-0.2, 0) is 15.7 Å². The van der Waals surface area contributed by atoms with Crippen LogP contribution in [0.3, 0.4) is 0 Å². The predicted octanol–water partition coefficient (Wildman–Crippen LogP) is 3.48. The van der Waals surface area contributed by atoms with Gasteiger partial charge in [0.05, 0.1) is 29.0 Å². The third kappa shape index (κ3) is 3.64. The average Bonchev–Trinajstić information content (AvgIpc) is 2.73. The van der Waals surface area contributed by atoms with Gasteiger partial charge in [-0.2, -0.15) is 18.4 Å². The molecule has 2 heterocycles. The highest BCUT2D eigenvalue weighted by Gasteiger charge is 2.40. The quantitative estimate of drug-likeness (QED) is 0.757. The summed E-state index contributed by atoms with van der Waals surface area (Å²) in [5.74, 6) is -1.20. The lowest BCUT2D eigenvalue weighted by molar-refractivity contribution is -0.137. The molecule has 2 fully saturated rings. The summed E-state index contributed by atoms with van der Waals surface area (Å²) in [4.78, 5) is 14.0. The SMILES string of the molecule is N#Cc1cc(-c2cccc(C(F)(F)F)c2)c(F)cc1N1C(=O)COC2CNCCC21. The van der Waals surface area contributed by atoms with Gasteiger partial charge in [0.25, 0.3) is 5.91 Å². The second-order valence-corrected chi connectivity index (χ2v) is 7.21. The molecular formula is C21H17F4N3O2. The monoisotopic (exact) mass is 419 g/mol. The molecule has 9 heteroatoms. The Hall–Kier alpha value is -2.96. The normalized spacial score (nSPS) is 21.8. The average molecular weight is 419 g/mol. The van der Waals surface area contributed by atoms with Crippen molar-refractivity contribution in [3.05, 3.63) is 53.3 Å². The molecule has 1 amide bonds. The first-order chi connectivity index (χ1) is 14.3. The molecule has 2 aromatic carbocycles. The Labute approximate surface area is 169 Å². The molecule has 4 rings (SSSR count). The molecule has 0 radical (unpaired) electrons. The standard InChI is InChI=1S/C21H17F4N3O2/c22-16-8-18(28-17-4-5-27-10-19(17)30-11-20(28)29)13(9-26)7-15(16)12-2-1-3-14(6-12)21(23,24)25/h1-3,6-8,17,19,27H,4-5,10-11H2. The van der Waals surface area contributed by atoms with Crippen LogP contribution in [0.25, 0.3) is 11.1 Å². The lowest BCUT2D eigenvalue weighted by Crippen LogP contribution is -2.61. The van der Waals surface area contributed by atoms with E-state index in [9.17, 15) is 23.2 Å². The highest BCUT2D eigenvalue weighted by atomic mass is 19.4. The Morgan fingerprint density at radius 3 is 2.77 bits per heavy atom. The number of carbonyl (C=O) groups excluding carboxylic acids is 1. The summed E-state index contributed by atoms with van der Waals surface area (Å²) < 4.78 is 59.7. The van der Waals surface area contributed by atoms with Crippen LogP contribution in [-0.4, -0.2) is 37.7 Å². The van der Waals surface area contributed by atoms with Gasteiger partial charge in [0.1, 0.15) is 18.5 Å². The molecule has 156 valence electrons. The number of halogens is 4. The molecule has 2 aromatic rings. The lowest BCUT2D eigenvalue weighted by Gasteiger charge is -2.43. The number of amides is 1. The number of benzene rings is 2. The van der Waals surface area contributed by atoms with Crippen LogP contribution < -0.4 is 10.2 Å². The summed E-state index contributed by atoms with van der Waals surface area (Å²) in [5.41, 5.74) is -0.933. The van der Waals surface area contributed by atoms with Crippen LogP contribution in [0.2, 0.25) is 0 Å². The van der Waals surface area contributed by atoms with Crippen molar-refractivity contribution in [1.29, 1.82) is 5.26 Å². The van der Waals surface area contributed by atoms with E-state index in [1.165, 1.54) is 23.1 Å². The molecule has 30 heavy (non-hydrogen) atoms. The van der Waals surface area contributed by atoms with Crippen LogP contribution in [0.5, 0.6) is 0 Å². The van der Waals surface area contributed by atoms with E-state index in [-0.39, 0.29) is 47.0 Å². The summed E-state index contributed by atoms with van der Waals surface area (Å²) >= 11 is 0. The first kappa shape index (κ1) is 20.3. The van der Waals surface area contributed by atoms with E-state index < -0.39 is 17.6 Å². The van der Waals surface area contributed by atoms with E-state index in [0.717, 1.165) is 18.2 Å². The summed E-state index contributed by atoms with van der Waals surface area (Å²) in [6.45, 7) is 0.979. The first-order valence-corrected chi connectivity index (χ1v) is 9.35. The topological polar surface area (TPSA) is 65.4 Å². The minimum atomic E-state index is -4.57. The fraction of sp³-hybridized carbons (Fsp3) is 0.333. The summed E-state index contributed by atoms with van der Waals surface area (Å²) in [7, 11) is 0. The Morgan fingerprint density at radius 2 is 2.03 bits per heavy atom. The maximum atomic E-state index is 15.0. The zero-order valence-corrected chi connectivity index (χ0v) is 15.7. The summed E-state index contributed by atoms with van der Waals surface area (Å²) in [6, 6.07) is 8.11. The van der Waals surface area contributed by atoms with Crippen molar-refractivity contribution in [2.75, 3.05) is 24.6 Å². The van der Waals surface area contributed by atoms with Gasteiger partial charge < -0.3 is 15.0 Å². The van der Waals surface area contributed by atoms with Gasteiger partial charge in [0.2, 0.25) is 0 Å². The van der Waals surface area contributed by atoms with E-state index in [1.54, 1.807) is 0 Å². The van der Waals surface area contributed by atoms with Gasteiger partial charge in [0, 0.05) is 12.1 Å². The van der Waals surface area contributed by atoms with Gasteiger partial charge >= 0.3 is 6.18 Å². The molecule has 2 unspecified atom stereocenters. The molecule has 2 saturated heterocycles. The van der Waals surface area contributed by atoms with Crippen molar-refractivity contribution < 1.29 is 27.1 Å². The molecule has 1 N–H and O–H groups in total. The Kier molecular flexibility index (Phi) is 5.22. The van der Waals surface area contributed by atoms with Gasteiger partial charge in [-0.05, 0) is 42.8 Å². The number of carbonyl (C=O) groups is 1. The number of alkyl halides is 3. The van der Waals surface area contributed by atoms with E-state index in [0.29, 0.717) is 19.5 Å². The van der Waals surface area contributed by atoms with Crippen LogP contribution in [0.1, 0.15) is 17.5 Å². The second kappa shape index (κ2) is 7.70. The number of anilines is 1. The predicted molar refractivity (Wildman–Crippen MR) is 100 cm³/mol. The molecule has 5 nitrogen and oxygen atoms in total. The number of ether oxygens (including phenoxy) is 1. The molecule has 0 saturated carbocycles.